The molecule has 3 nitrogen and oxygen atoms in total. The zero-order valence-electron chi connectivity index (χ0n) is 8.11. The first-order chi connectivity index (χ1) is 7.27. The number of halogens is 1. The molecule has 0 aliphatic heterocycles. The molecule has 0 spiro atoms. The van der Waals surface area contributed by atoms with Crippen molar-refractivity contribution in [2.75, 3.05) is 0 Å². The predicted octanol–water partition coefficient (Wildman–Crippen LogP) is 2.95. The molecule has 0 saturated carbocycles. The van der Waals surface area contributed by atoms with Crippen LogP contribution < -0.4 is 0 Å². The lowest BCUT2D eigenvalue weighted by Gasteiger charge is -1.96. The Balaban J connectivity index is 2.63. The topological polar surface area (TPSA) is 30.2 Å². The fourth-order valence-corrected chi connectivity index (χ4v) is 2.37. The van der Waals surface area contributed by atoms with Crippen molar-refractivity contribution < 1.29 is 0 Å². The van der Waals surface area contributed by atoms with Gasteiger partial charge < -0.3 is 0 Å². The van der Waals surface area contributed by atoms with Crippen molar-refractivity contribution in [2.45, 2.75) is 6.92 Å². The average molecular weight is 262 g/mol. The fraction of sp³-hybridized carbons (Fsp3) is 0.0909. The van der Waals surface area contributed by atoms with E-state index in [1.165, 1.54) is 0 Å². The molecule has 0 amide bonds. The second-order valence-corrected chi connectivity index (χ2v) is 4.27. The first-order valence-corrected chi connectivity index (χ1v) is 5.43. The van der Waals surface area contributed by atoms with Gasteiger partial charge in [-0.3, -0.25) is 4.40 Å². The molecule has 3 aromatic heterocycles. The van der Waals surface area contributed by atoms with Crippen LogP contribution in [0.1, 0.15) is 5.69 Å². The van der Waals surface area contributed by atoms with Gasteiger partial charge in [-0.05, 0) is 41.1 Å². The number of hydrogen-bond donors (Lipinski definition) is 0. The monoisotopic (exact) mass is 261 g/mol. The summed E-state index contributed by atoms with van der Waals surface area (Å²) in [6, 6.07) is 6.04. The highest BCUT2D eigenvalue weighted by atomic mass is 79.9. The molecule has 4 heteroatoms. The number of nitrogens with zero attached hydrogens (tertiary/aromatic N) is 3. The molecule has 0 aliphatic rings. The molecule has 3 rings (SSSR count). The van der Waals surface area contributed by atoms with E-state index >= 15 is 0 Å². The molecule has 15 heavy (non-hydrogen) atoms. The van der Waals surface area contributed by atoms with E-state index in [1.54, 1.807) is 6.20 Å². The molecule has 0 radical (unpaired) electrons. The molecule has 0 bridgehead atoms. The Kier molecular flexibility index (Phi) is 1.79. The largest absolute Gasteiger partial charge is 0.283 e. The molecule has 3 heterocycles. The summed E-state index contributed by atoms with van der Waals surface area (Å²) in [7, 11) is 0. The first-order valence-electron chi connectivity index (χ1n) is 4.64. The Labute approximate surface area is 94.9 Å². The summed E-state index contributed by atoms with van der Waals surface area (Å²) in [5, 5.41) is 1.12. The lowest BCUT2D eigenvalue weighted by atomic mass is 10.3. The smallest absolute Gasteiger partial charge is 0.146 e. The Morgan fingerprint density at radius 3 is 3.07 bits per heavy atom. The van der Waals surface area contributed by atoms with Gasteiger partial charge in [-0.1, -0.05) is 0 Å². The molecule has 3 aromatic rings. The van der Waals surface area contributed by atoms with E-state index in [4.69, 9.17) is 0 Å². The average Bonchev–Trinajstić information content (AvgIpc) is 2.54. The molecule has 0 atom stereocenters. The van der Waals surface area contributed by atoms with Crippen LogP contribution >= 0.6 is 15.9 Å². The van der Waals surface area contributed by atoms with E-state index in [0.717, 1.165) is 26.7 Å². The Morgan fingerprint density at radius 2 is 2.20 bits per heavy atom. The number of aromatic nitrogens is 3. The molecule has 0 saturated heterocycles. The minimum Gasteiger partial charge on any atom is -0.283 e. The Bertz CT molecular complexity index is 657. The highest BCUT2D eigenvalue weighted by Crippen LogP contribution is 2.29. The molecule has 0 aromatic carbocycles. The van der Waals surface area contributed by atoms with Crippen LogP contribution in [0.4, 0.5) is 0 Å². The van der Waals surface area contributed by atoms with E-state index in [0.29, 0.717) is 0 Å². The maximum Gasteiger partial charge on any atom is 0.146 e. The molecule has 74 valence electrons. The van der Waals surface area contributed by atoms with Gasteiger partial charge in [0, 0.05) is 17.3 Å². The first kappa shape index (κ1) is 8.85. The third kappa shape index (κ3) is 1.18. The minimum absolute atomic E-state index is 0.937. The minimum atomic E-state index is 0.937. The second-order valence-electron chi connectivity index (χ2n) is 3.47. The quantitative estimate of drug-likeness (QED) is 0.623. The van der Waals surface area contributed by atoms with E-state index in [-0.39, 0.29) is 0 Å². The van der Waals surface area contributed by atoms with E-state index in [1.807, 2.05) is 29.8 Å². The van der Waals surface area contributed by atoms with Crippen molar-refractivity contribution >= 4 is 32.5 Å². The standard InChI is InChI=1S/C11H8BrN3/c1-7-5-9-10(12)8-3-2-4-13-11(8)15(9)6-14-7/h2-6H,1H3. The Morgan fingerprint density at radius 1 is 1.33 bits per heavy atom. The third-order valence-corrected chi connectivity index (χ3v) is 3.29. The van der Waals surface area contributed by atoms with Gasteiger partial charge in [0.25, 0.3) is 0 Å². The maximum absolute atomic E-state index is 4.35. The Hall–Kier alpha value is -1.42. The summed E-state index contributed by atoms with van der Waals surface area (Å²) in [6.07, 6.45) is 3.60. The zero-order valence-corrected chi connectivity index (χ0v) is 9.69. The van der Waals surface area contributed by atoms with E-state index in [2.05, 4.69) is 32.0 Å². The second kappa shape index (κ2) is 3.03. The van der Waals surface area contributed by atoms with Gasteiger partial charge in [-0.25, -0.2) is 9.97 Å². The van der Waals surface area contributed by atoms with Crippen molar-refractivity contribution in [2.24, 2.45) is 0 Å². The van der Waals surface area contributed by atoms with E-state index in [9.17, 15) is 0 Å². The van der Waals surface area contributed by atoms with Gasteiger partial charge in [0.2, 0.25) is 0 Å². The highest BCUT2D eigenvalue weighted by molar-refractivity contribution is 9.10. The van der Waals surface area contributed by atoms with Gasteiger partial charge in [-0.2, -0.15) is 0 Å². The summed E-state index contributed by atoms with van der Waals surface area (Å²) in [5.41, 5.74) is 3.05. The zero-order chi connectivity index (χ0) is 10.4. The summed E-state index contributed by atoms with van der Waals surface area (Å²) in [6.45, 7) is 1.98. The van der Waals surface area contributed by atoms with Gasteiger partial charge in [0.1, 0.15) is 12.0 Å². The maximum atomic E-state index is 4.35. The third-order valence-electron chi connectivity index (χ3n) is 2.46. The SMILES string of the molecule is Cc1cc2c(Br)c3cccnc3n2cn1. The normalized spacial score (nSPS) is 11.3. The van der Waals surface area contributed by atoms with Crippen LogP contribution in [0.25, 0.3) is 16.6 Å². The molecule has 0 unspecified atom stereocenters. The molecule has 0 aliphatic carbocycles. The lowest BCUT2D eigenvalue weighted by molar-refractivity contribution is 1.06. The van der Waals surface area contributed by atoms with Crippen molar-refractivity contribution in [3.05, 3.63) is 40.9 Å². The van der Waals surface area contributed by atoms with Crippen LogP contribution in [-0.2, 0) is 0 Å². The predicted molar refractivity (Wildman–Crippen MR) is 62.9 cm³/mol. The van der Waals surface area contributed by atoms with Gasteiger partial charge in [0.15, 0.2) is 0 Å². The van der Waals surface area contributed by atoms with Gasteiger partial charge >= 0.3 is 0 Å². The lowest BCUT2D eigenvalue weighted by Crippen LogP contribution is -1.89. The molecule has 0 N–H and O–H groups in total. The van der Waals surface area contributed by atoms with Crippen molar-refractivity contribution in [1.82, 2.24) is 14.4 Å². The van der Waals surface area contributed by atoms with Crippen LogP contribution in [0.15, 0.2) is 35.2 Å². The van der Waals surface area contributed by atoms with Crippen molar-refractivity contribution in [1.29, 1.82) is 0 Å². The van der Waals surface area contributed by atoms with Gasteiger partial charge in [-0.15, -0.1) is 0 Å². The number of fused-ring (bicyclic) bond motifs is 3. The number of pyridine rings is 1. The van der Waals surface area contributed by atoms with Crippen molar-refractivity contribution in [3.8, 4) is 0 Å². The van der Waals surface area contributed by atoms with E-state index < -0.39 is 0 Å². The summed E-state index contributed by atoms with van der Waals surface area (Å²) < 4.78 is 3.07. The number of hydrogen-bond acceptors (Lipinski definition) is 2. The van der Waals surface area contributed by atoms with Crippen LogP contribution in [0.2, 0.25) is 0 Å². The van der Waals surface area contributed by atoms with Crippen LogP contribution in [0.5, 0.6) is 0 Å². The van der Waals surface area contributed by atoms with Crippen LogP contribution in [-0.4, -0.2) is 14.4 Å². The fourth-order valence-electron chi connectivity index (χ4n) is 1.75. The summed E-state index contributed by atoms with van der Waals surface area (Å²) in [4.78, 5) is 8.63. The van der Waals surface area contributed by atoms with Crippen LogP contribution in [0, 0.1) is 6.92 Å². The number of rotatable bonds is 0. The van der Waals surface area contributed by atoms with Crippen molar-refractivity contribution in [3.63, 3.8) is 0 Å². The molecular formula is C11H8BrN3. The summed E-state index contributed by atoms with van der Waals surface area (Å²) in [5.74, 6) is 0. The summed E-state index contributed by atoms with van der Waals surface area (Å²) >= 11 is 3.60. The van der Waals surface area contributed by atoms with Crippen LogP contribution in [0.3, 0.4) is 0 Å². The highest BCUT2D eigenvalue weighted by Gasteiger charge is 2.09. The molecular weight excluding hydrogens is 254 g/mol. The molecule has 0 fully saturated rings. The van der Waals surface area contributed by atoms with Gasteiger partial charge in [0.05, 0.1) is 9.99 Å². The number of aryl methyl sites for hydroxylation is 1.